The van der Waals surface area contributed by atoms with E-state index in [0.29, 0.717) is 5.82 Å². The lowest BCUT2D eigenvalue weighted by Crippen LogP contribution is -2.25. The molecule has 0 unspecified atom stereocenters. The number of sulfonamides is 1. The summed E-state index contributed by atoms with van der Waals surface area (Å²) in [6, 6.07) is 7.42. The van der Waals surface area contributed by atoms with Crippen molar-refractivity contribution in [2.24, 2.45) is 5.14 Å². The topological polar surface area (TPSA) is 129 Å². The van der Waals surface area contributed by atoms with Crippen molar-refractivity contribution in [1.29, 1.82) is 0 Å². The molecular formula is C17H17N5O4S. The Hall–Kier alpha value is -3.24. The zero-order valence-corrected chi connectivity index (χ0v) is 15.2. The Morgan fingerprint density at radius 3 is 2.78 bits per heavy atom. The molecular weight excluding hydrogens is 370 g/mol. The molecule has 0 aliphatic rings. The molecule has 0 radical (unpaired) electrons. The van der Waals surface area contributed by atoms with E-state index in [-0.39, 0.29) is 22.8 Å². The Morgan fingerprint density at radius 1 is 1.30 bits per heavy atom. The lowest BCUT2D eigenvalue weighted by atomic mass is 10.1. The van der Waals surface area contributed by atoms with Gasteiger partial charge in [0, 0.05) is 30.7 Å². The molecule has 9 nitrogen and oxygen atoms in total. The third-order valence-corrected chi connectivity index (χ3v) is 4.71. The van der Waals surface area contributed by atoms with Gasteiger partial charge in [-0.25, -0.2) is 23.5 Å². The van der Waals surface area contributed by atoms with E-state index in [2.05, 4.69) is 15.3 Å². The van der Waals surface area contributed by atoms with Crippen LogP contribution in [0.3, 0.4) is 0 Å². The normalized spacial score (nSPS) is 11.2. The molecule has 3 aromatic rings. The molecule has 0 atom stereocenters. The van der Waals surface area contributed by atoms with Gasteiger partial charge in [-0.2, -0.15) is 0 Å². The minimum atomic E-state index is -3.94. The molecule has 0 spiro atoms. The first-order valence-corrected chi connectivity index (χ1v) is 9.36. The van der Waals surface area contributed by atoms with Crippen LogP contribution in [-0.2, 0) is 16.6 Å². The van der Waals surface area contributed by atoms with Gasteiger partial charge in [-0.05, 0) is 24.3 Å². The summed E-state index contributed by atoms with van der Waals surface area (Å²) in [4.78, 5) is 20.7. The highest BCUT2D eigenvalue weighted by atomic mass is 32.2. The summed E-state index contributed by atoms with van der Waals surface area (Å²) < 4.78 is 30.0. The number of benzene rings is 1. The molecule has 0 saturated heterocycles. The molecule has 1 amide bonds. The summed E-state index contributed by atoms with van der Waals surface area (Å²) in [7, 11) is -2.55. The van der Waals surface area contributed by atoms with E-state index >= 15 is 0 Å². The minimum absolute atomic E-state index is 0.0668. The Labute approximate surface area is 155 Å². The van der Waals surface area contributed by atoms with E-state index in [1.807, 2.05) is 6.07 Å². The van der Waals surface area contributed by atoms with Crippen molar-refractivity contribution in [2.45, 2.75) is 11.4 Å². The van der Waals surface area contributed by atoms with Crippen molar-refractivity contribution in [3.8, 4) is 11.6 Å². The Bertz CT molecular complexity index is 1060. The number of pyridine rings is 1. The van der Waals surface area contributed by atoms with Crippen LogP contribution < -0.4 is 15.2 Å². The number of nitrogens with zero attached hydrogens (tertiary/aromatic N) is 3. The molecule has 140 valence electrons. The average molecular weight is 387 g/mol. The van der Waals surface area contributed by atoms with Crippen LogP contribution in [0.1, 0.15) is 15.9 Å². The van der Waals surface area contributed by atoms with Gasteiger partial charge in [-0.3, -0.25) is 9.36 Å². The third-order valence-electron chi connectivity index (χ3n) is 3.80. The summed E-state index contributed by atoms with van der Waals surface area (Å²) in [5.74, 6) is 0.360. The van der Waals surface area contributed by atoms with Crippen LogP contribution in [0.15, 0.2) is 60.1 Å². The molecule has 2 aromatic heterocycles. The number of hydrogen-bond acceptors (Lipinski definition) is 6. The van der Waals surface area contributed by atoms with Gasteiger partial charge in [0.15, 0.2) is 0 Å². The van der Waals surface area contributed by atoms with Crippen LogP contribution in [-0.4, -0.2) is 36.0 Å². The van der Waals surface area contributed by atoms with Crippen molar-refractivity contribution in [3.63, 3.8) is 0 Å². The van der Waals surface area contributed by atoms with E-state index in [0.717, 1.165) is 5.56 Å². The molecule has 27 heavy (non-hydrogen) atoms. The molecule has 10 heteroatoms. The van der Waals surface area contributed by atoms with Gasteiger partial charge in [0.2, 0.25) is 10.0 Å². The van der Waals surface area contributed by atoms with Crippen molar-refractivity contribution in [2.75, 3.05) is 7.11 Å². The third kappa shape index (κ3) is 4.13. The van der Waals surface area contributed by atoms with Gasteiger partial charge < -0.3 is 10.1 Å². The summed E-state index contributed by atoms with van der Waals surface area (Å²) in [6.45, 7) is 0.170. The summed E-state index contributed by atoms with van der Waals surface area (Å²) >= 11 is 0. The average Bonchev–Trinajstić information content (AvgIpc) is 3.19. The zero-order valence-electron chi connectivity index (χ0n) is 14.4. The smallest absolute Gasteiger partial charge is 0.255 e. The fourth-order valence-corrected chi connectivity index (χ4v) is 3.04. The molecule has 0 aliphatic carbocycles. The quantitative estimate of drug-likeness (QED) is 0.645. The van der Waals surface area contributed by atoms with Crippen molar-refractivity contribution in [3.05, 3.63) is 66.4 Å². The van der Waals surface area contributed by atoms with Gasteiger partial charge >= 0.3 is 0 Å². The second-order valence-electron chi connectivity index (χ2n) is 5.55. The van der Waals surface area contributed by atoms with Crippen LogP contribution in [0.2, 0.25) is 0 Å². The highest BCUT2D eigenvalue weighted by molar-refractivity contribution is 7.89. The number of amides is 1. The number of carbonyl (C=O) groups excluding carboxylic acids is 1. The van der Waals surface area contributed by atoms with Gasteiger partial charge in [0.1, 0.15) is 17.9 Å². The van der Waals surface area contributed by atoms with E-state index in [1.54, 1.807) is 35.6 Å². The van der Waals surface area contributed by atoms with Crippen LogP contribution in [0.4, 0.5) is 0 Å². The molecule has 1 aromatic carbocycles. The van der Waals surface area contributed by atoms with Crippen molar-refractivity contribution in [1.82, 2.24) is 19.9 Å². The number of methoxy groups -OCH3 is 1. The number of nitrogens with two attached hydrogens (primary N) is 1. The van der Waals surface area contributed by atoms with Gasteiger partial charge in [0.25, 0.3) is 5.91 Å². The maximum absolute atomic E-state index is 12.6. The second-order valence-corrected chi connectivity index (χ2v) is 7.11. The molecule has 0 saturated carbocycles. The van der Waals surface area contributed by atoms with E-state index in [9.17, 15) is 13.2 Å². The van der Waals surface area contributed by atoms with Gasteiger partial charge in [0.05, 0.1) is 17.6 Å². The summed E-state index contributed by atoms with van der Waals surface area (Å²) in [5, 5.41) is 7.88. The SMILES string of the molecule is COc1ccc(S(N)(=O)=O)cc1C(=O)NCc1cccnc1-n1ccnc1. The number of carbonyl (C=O) groups is 1. The number of hydrogen-bond donors (Lipinski definition) is 2. The number of rotatable bonds is 6. The predicted molar refractivity (Wildman–Crippen MR) is 96.9 cm³/mol. The van der Waals surface area contributed by atoms with Crippen LogP contribution >= 0.6 is 0 Å². The molecule has 3 N–H and O–H groups in total. The van der Waals surface area contributed by atoms with Crippen molar-refractivity contribution >= 4 is 15.9 Å². The molecule has 0 fully saturated rings. The van der Waals surface area contributed by atoms with E-state index < -0.39 is 15.9 Å². The van der Waals surface area contributed by atoms with Crippen LogP contribution in [0.25, 0.3) is 5.82 Å². The molecule has 3 rings (SSSR count). The number of nitrogens with one attached hydrogen (secondary N) is 1. The van der Waals surface area contributed by atoms with Crippen molar-refractivity contribution < 1.29 is 17.9 Å². The fraction of sp³-hybridized carbons (Fsp3) is 0.118. The van der Waals surface area contributed by atoms with Gasteiger partial charge in [-0.15, -0.1) is 0 Å². The minimum Gasteiger partial charge on any atom is -0.496 e. The second kappa shape index (κ2) is 7.56. The predicted octanol–water partition coefficient (Wildman–Crippen LogP) is 0.853. The van der Waals surface area contributed by atoms with Gasteiger partial charge in [-0.1, -0.05) is 6.07 Å². The first kappa shape index (κ1) is 18.5. The maximum Gasteiger partial charge on any atom is 0.255 e. The number of aromatic nitrogens is 3. The zero-order chi connectivity index (χ0) is 19.4. The van der Waals surface area contributed by atoms with E-state index in [1.165, 1.54) is 25.3 Å². The molecule has 0 bridgehead atoms. The Balaban J connectivity index is 1.85. The maximum atomic E-state index is 12.6. The lowest BCUT2D eigenvalue weighted by Gasteiger charge is -2.12. The van der Waals surface area contributed by atoms with E-state index in [4.69, 9.17) is 9.88 Å². The monoisotopic (exact) mass is 387 g/mol. The van der Waals surface area contributed by atoms with Crippen LogP contribution in [0.5, 0.6) is 5.75 Å². The first-order valence-electron chi connectivity index (χ1n) is 7.81. The standard InChI is InChI=1S/C17H17N5O4S/c1-26-15-5-4-13(27(18,24)25)9-14(15)17(23)21-10-12-3-2-6-20-16(12)22-8-7-19-11-22/h2-9,11H,10H2,1H3,(H,21,23)(H2,18,24,25). The summed E-state index contributed by atoms with van der Waals surface area (Å²) in [5.41, 5.74) is 0.822. The Morgan fingerprint density at radius 2 is 2.11 bits per heavy atom. The number of imidazole rings is 1. The summed E-state index contributed by atoms with van der Waals surface area (Å²) in [6.07, 6.45) is 6.61. The lowest BCUT2D eigenvalue weighted by molar-refractivity contribution is 0.0947. The number of ether oxygens (including phenoxy) is 1. The fourth-order valence-electron chi connectivity index (χ4n) is 2.50. The highest BCUT2D eigenvalue weighted by Crippen LogP contribution is 2.22. The highest BCUT2D eigenvalue weighted by Gasteiger charge is 2.17. The largest absolute Gasteiger partial charge is 0.496 e. The Kier molecular flexibility index (Phi) is 5.19. The molecule has 2 heterocycles. The number of primary sulfonamides is 1. The van der Waals surface area contributed by atoms with Crippen LogP contribution in [0, 0.1) is 0 Å². The first-order chi connectivity index (χ1) is 12.9. The molecule has 0 aliphatic heterocycles.